The molecule has 2 heteroatoms. The zero-order valence-electron chi connectivity index (χ0n) is 4.89. The van der Waals surface area contributed by atoms with E-state index in [1.165, 1.54) is 6.07 Å². The van der Waals surface area contributed by atoms with E-state index in [2.05, 4.69) is 0 Å². The van der Waals surface area contributed by atoms with Crippen LogP contribution < -0.4 is 11.5 Å². The van der Waals surface area contributed by atoms with Crippen LogP contribution in [-0.2, 0) is 0 Å². The number of rotatable bonds is 0. The highest BCUT2D eigenvalue weighted by Crippen LogP contribution is 2.12. The molecule has 2 nitrogen and oxygen atoms in total. The van der Waals surface area contributed by atoms with Crippen LogP contribution in [0.5, 0.6) is 0 Å². The van der Waals surface area contributed by atoms with Crippen molar-refractivity contribution in [3.05, 3.63) is 30.7 Å². The smallest absolute Gasteiger partial charge is 0.0354 e. The lowest BCUT2D eigenvalue weighted by atomic mass is 10.2. The maximum absolute atomic E-state index is 7.16. The highest BCUT2D eigenvalue weighted by Gasteiger charge is 1.90. The van der Waals surface area contributed by atoms with Gasteiger partial charge in [0.05, 0.1) is 0 Å². The van der Waals surface area contributed by atoms with Gasteiger partial charge in [-0.3, -0.25) is 0 Å². The van der Waals surface area contributed by atoms with Gasteiger partial charge in [0.2, 0.25) is 0 Å². The van der Waals surface area contributed by atoms with Gasteiger partial charge in [-0.1, -0.05) is 0 Å². The molecule has 0 saturated heterocycles. The number of hydrogen-bond donors (Lipinski definition) is 2. The molecule has 0 heterocycles. The molecule has 0 unspecified atom stereocenters. The van der Waals surface area contributed by atoms with Gasteiger partial charge in [-0.15, -0.1) is 0 Å². The Morgan fingerprint density at radius 1 is 1.22 bits per heavy atom. The van der Waals surface area contributed by atoms with E-state index in [0.717, 1.165) is 0 Å². The van der Waals surface area contributed by atoms with Crippen molar-refractivity contribution in [3.63, 3.8) is 0 Å². The van der Waals surface area contributed by atoms with Gasteiger partial charge in [-0.05, 0) is 23.8 Å². The van der Waals surface area contributed by atoms with Crippen LogP contribution in [0.4, 0.5) is 11.4 Å². The van der Waals surface area contributed by atoms with Gasteiger partial charge < -0.3 is 11.5 Å². The normalized spacial score (nSPS) is 9.44. The standard InChI is InChI=1S/C7H7N2/c1-5-4-6(8)2-3-7(5)9/h2-4H,8-9H2. The fourth-order valence-electron chi connectivity index (χ4n) is 0.574. The van der Waals surface area contributed by atoms with Crippen molar-refractivity contribution in [1.82, 2.24) is 0 Å². The van der Waals surface area contributed by atoms with Crippen molar-refractivity contribution in [1.29, 1.82) is 0 Å². The summed E-state index contributed by atoms with van der Waals surface area (Å²) in [6, 6.07) is 4.82. The third-order valence-corrected chi connectivity index (χ3v) is 1.08. The summed E-state index contributed by atoms with van der Waals surface area (Å²) in [5, 5.41) is 0. The zero-order valence-corrected chi connectivity index (χ0v) is 4.89. The summed E-state index contributed by atoms with van der Waals surface area (Å²) in [6.07, 6.45) is 0. The predicted molar refractivity (Wildman–Crippen MR) is 37.6 cm³/mol. The van der Waals surface area contributed by atoms with Crippen molar-refractivity contribution in [2.45, 2.75) is 0 Å². The minimum atomic E-state index is 0.287. The van der Waals surface area contributed by atoms with E-state index in [4.69, 9.17) is 18.4 Å². The van der Waals surface area contributed by atoms with E-state index in [-0.39, 0.29) is 5.56 Å². The molecular formula is C7H7N2. The summed E-state index contributed by atoms with van der Waals surface area (Å²) in [5.74, 6) is 0. The molecule has 0 bridgehead atoms. The fourth-order valence-corrected chi connectivity index (χ4v) is 0.574. The molecule has 0 aliphatic rings. The number of nitrogen functional groups attached to an aromatic ring is 2. The molecule has 45 valence electrons. The van der Waals surface area contributed by atoms with Crippen LogP contribution in [0.25, 0.3) is 0 Å². The molecule has 3 radical (unpaired) electrons. The monoisotopic (exact) mass is 119 g/mol. The first-order valence-corrected chi connectivity index (χ1v) is 2.57. The van der Waals surface area contributed by atoms with Gasteiger partial charge in [0.25, 0.3) is 0 Å². The van der Waals surface area contributed by atoms with Crippen molar-refractivity contribution >= 4 is 11.4 Å². The lowest BCUT2D eigenvalue weighted by molar-refractivity contribution is 1.59. The van der Waals surface area contributed by atoms with Gasteiger partial charge in [-0.2, -0.15) is 0 Å². The second-order valence-electron chi connectivity index (χ2n) is 1.85. The highest BCUT2D eigenvalue weighted by atomic mass is 14.6. The summed E-state index contributed by atoms with van der Waals surface area (Å²) in [5.41, 5.74) is 12.0. The number of benzene rings is 1. The van der Waals surface area contributed by atoms with Crippen LogP contribution in [-0.4, -0.2) is 0 Å². The molecule has 0 saturated carbocycles. The van der Waals surface area contributed by atoms with E-state index in [9.17, 15) is 0 Å². The fraction of sp³-hybridized carbons (Fsp3) is 0. The highest BCUT2D eigenvalue weighted by molar-refractivity contribution is 5.56. The Labute approximate surface area is 54.5 Å². The molecule has 0 aliphatic heterocycles. The van der Waals surface area contributed by atoms with Crippen LogP contribution in [0.15, 0.2) is 18.2 Å². The van der Waals surface area contributed by atoms with Crippen LogP contribution in [0.3, 0.4) is 0 Å². The van der Waals surface area contributed by atoms with Crippen LogP contribution in [0.2, 0.25) is 0 Å². The largest absolute Gasteiger partial charge is 0.399 e. The quantitative estimate of drug-likeness (QED) is 0.496. The van der Waals surface area contributed by atoms with Crippen molar-refractivity contribution in [2.24, 2.45) is 0 Å². The van der Waals surface area contributed by atoms with Crippen LogP contribution in [0.1, 0.15) is 5.56 Å². The summed E-state index contributed by atoms with van der Waals surface area (Å²) in [6.45, 7) is 7.16. The maximum atomic E-state index is 7.16. The Morgan fingerprint density at radius 3 is 2.33 bits per heavy atom. The average Bonchev–Trinajstić information content (AvgIpc) is 1.80. The Bertz CT molecular complexity index is 218. The molecule has 0 amide bonds. The predicted octanol–water partition coefficient (Wildman–Crippen LogP) is 0.787. The van der Waals surface area contributed by atoms with Crippen molar-refractivity contribution in [3.8, 4) is 0 Å². The lowest BCUT2D eigenvalue weighted by Crippen LogP contribution is -1.91. The molecule has 0 fully saturated rings. The minimum Gasteiger partial charge on any atom is -0.399 e. The minimum absolute atomic E-state index is 0.287. The first-order valence-electron chi connectivity index (χ1n) is 2.57. The SMILES string of the molecule is [C]c1cc(N)ccc1N. The third-order valence-electron chi connectivity index (χ3n) is 1.08. The summed E-state index contributed by atoms with van der Waals surface area (Å²) in [4.78, 5) is 0. The Balaban J connectivity index is 3.17. The van der Waals surface area contributed by atoms with Gasteiger partial charge >= 0.3 is 0 Å². The van der Waals surface area contributed by atoms with E-state index >= 15 is 0 Å². The topological polar surface area (TPSA) is 52.0 Å². The Kier molecular flexibility index (Phi) is 1.30. The third kappa shape index (κ3) is 1.13. The van der Waals surface area contributed by atoms with Gasteiger partial charge in [0.15, 0.2) is 0 Å². The first kappa shape index (κ1) is 5.95. The van der Waals surface area contributed by atoms with Crippen LogP contribution >= 0.6 is 0 Å². The second kappa shape index (κ2) is 1.97. The lowest BCUT2D eigenvalue weighted by Gasteiger charge is -1.97. The maximum Gasteiger partial charge on any atom is 0.0354 e. The molecule has 4 N–H and O–H groups in total. The molecule has 0 spiro atoms. The summed E-state index contributed by atoms with van der Waals surface area (Å²) in [7, 11) is 0. The summed E-state index contributed by atoms with van der Waals surface area (Å²) >= 11 is 0. The number of anilines is 2. The van der Waals surface area contributed by atoms with Gasteiger partial charge in [-0.25, -0.2) is 0 Å². The van der Waals surface area contributed by atoms with Gasteiger partial charge in [0, 0.05) is 18.3 Å². The molecule has 9 heavy (non-hydrogen) atoms. The molecule has 1 aromatic carbocycles. The van der Waals surface area contributed by atoms with Crippen molar-refractivity contribution < 1.29 is 0 Å². The average molecular weight is 119 g/mol. The Morgan fingerprint density at radius 2 is 1.89 bits per heavy atom. The van der Waals surface area contributed by atoms with E-state index in [1.54, 1.807) is 12.1 Å². The van der Waals surface area contributed by atoms with Crippen molar-refractivity contribution in [2.75, 3.05) is 11.5 Å². The zero-order chi connectivity index (χ0) is 6.85. The molecule has 0 aliphatic carbocycles. The van der Waals surface area contributed by atoms with E-state index in [0.29, 0.717) is 11.4 Å². The molecule has 0 aromatic heterocycles. The first-order chi connectivity index (χ1) is 4.20. The van der Waals surface area contributed by atoms with E-state index in [1.807, 2.05) is 0 Å². The van der Waals surface area contributed by atoms with E-state index < -0.39 is 0 Å². The second-order valence-corrected chi connectivity index (χ2v) is 1.85. The molecule has 1 rings (SSSR count). The molecular weight excluding hydrogens is 112 g/mol. The molecule has 1 aromatic rings. The molecule has 0 atom stereocenters. The Hall–Kier alpha value is -1.18. The number of hydrogen-bond acceptors (Lipinski definition) is 2. The van der Waals surface area contributed by atoms with Gasteiger partial charge in [0.1, 0.15) is 0 Å². The summed E-state index contributed by atoms with van der Waals surface area (Å²) < 4.78 is 0. The van der Waals surface area contributed by atoms with Crippen LogP contribution in [0, 0.1) is 6.92 Å². The number of nitrogens with two attached hydrogens (primary N) is 2.